The predicted molar refractivity (Wildman–Crippen MR) is 110 cm³/mol. The van der Waals surface area contributed by atoms with Crippen molar-refractivity contribution in [2.45, 2.75) is 6.92 Å². The van der Waals surface area contributed by atoms with E-state index in [1.165, 1.54) is 0 Å². The summed E-state index contributed by atoms with van der Waals surface area (Å²) in [7, 11) is 0. The smallest absolute Gasteiger partial charge is 0.305 e. The number of benzene rings is 3. The van der Waals surface area contributed by atoms with Crippen molar-refractivity contribution in [2.75, 3.05) is 0 Å². The lowest BCUT2D eigenvalue weighted by Crippen LogP contribution is -2.04. The van der Waals surface area contributed by atoms with Crippen LogP contribution in [-0.4, -0.2) is 19.5 Å². The monoisotopic (exact) mass is 461 g/mol. The quantitative estimate of drug-likeness (QED) is 0.235. The van der Waals surface area contributed by atoms with Crippen molar-refractivity contribution in [1.82, 2.24) is 0 Å². The number of halogens is 1. The van der Waals surface area contributed by atoms with Crippen molar-refractivity contribution in [3.63, 3.8) is 0 Å². The Morgan fingerprint density at radius 1 is 0.812 bits per heavy atom. The third-order valence-electron chi connectivity index (χ3n) is 4.14. The first-order chi connectivity index (χ1) is 15.1. The minimum atomic E-state index is -1.46. The molecule has 164 valence electrons. The molecule has 4 rings (SSSR count). The maximum atomic E-state index is 11.1. The first kappa shape index (κ1) is 22.2. The molecule has 13 heteroatoms. The molecule has 0 bridgehead atoms. The Labute approximate surface area is 183 Å². The summed E-state index contributed by atoms with van der Waals surface area (Å²) in [4.78, 5) is 27.5. The molecule has 0 aromatic heterocycles. The highest BCUT2D eigenvalue weighted by molar-refractivity contribution is 6.30. The van der Waals surface area contributed by atoms with Gasteiger partial charge in [-0.2, -0.15) is 0 Å². The lowest BCUT2D eigenvalue weighted by atomic mass is 10.2. The Balaban J connectivity index is 0.000000181. The van der Waals surface area contributed by atoms with Gasteiger partial charge in [0.2, 0.25) is 11.5 Å². The number of ether oxygens (including phenoxy) is 2. The van der Waals surface area contributed by atoms with Crippen LogP contribution in [0.2, 0.25) is 5.02 Å². The molecule has 1 N–H and O–H groups in total. The summed E-state index contributed by atoms with van der Waals surface area (Å²) in [6, 6.07) is 12.2. The second-order valence-electron chi connectivity index (χ2n) is 6.38. The number of fused-ring (bicyclic) bond motifs is 2. The fraction of sp³-hybridized carbons (Fsp3) is 0.0526. The van der Waals surface area contributed by atoms with Gasteiger partial charge in [0.15, 0.2) is 0 Å². The molecule has 0 radical (unpaired) electrons. The van der Waals surface area contributed by atoms with Gasteiger partial charge in [-0.25, -0.2) is 0 Å². The van der Waals surface area contributed by atoms with Gasteiger partial charge in [-0.05, 0) is 36.8 Å². The van der Waals surface area contributed by atoms with E-state index in [9.17, 15) is 35.4 Å². The van der Waals surface area contributed by atoms with Crippen molar-refractivity contribution in [1.29, 1.82) is 0 Å². The molecule has 0 atom stereocenters. The van der Waals surface area contributed by atoms with Crippen molar-refractivity contribution in [3.8, 4) is 28.7 Å². The van der Waals surface area contributed by atoms with E-state index in [0.717, 1.165) is 28.6 Å². The van der Waals surface area contributed by atoms with Crippen LogP contribution in [0.3, 0.4) is 0 Å². The fourth-order valence-electron chi connectivity index (χ4n) is 2.67. The van der Waals surface area contributed by atoms with Gasteiger partial charge < -0.3 is 14.6 Å². The van der Waals surface area contributed by atoms with E-state index in [1.807, 2.05) is 31.2 Å². The van der Waals surface area contributed by atoms with E-state index >= 15 is 0 Å². The van der Waals surface area contributed by atoms with E-state index in [0.29, 0.717) is 17.2 Å². The number of hydrogen-bond acceptors (Lipinski definition) is 8. The number of non-ortho nitro benzene ring substituents is 1. The number of nitro benzene ring substituents is 3. The van der Waals surface area contributed by atoms with E-state index in [1.54, 1.807) is 12.1 Å². The average molecular weight is 462 g/mol. The summed E-state index contributed by atoms with van der Waals surface area (Å²) >= 11 is 5.91. The number of hydrogen-bond donors (Lipinski definition) is 0. The fourth-order valence-corrected chi connectivity index (χ4v) is 2.84. The number of nitrogens with zero attached hydrogens (tertiary/aromatic N) is 3. The van der Waals surface area contributed by atoms with E-state index in [-0.39, 0.29) is 0 Å². The summed E-state index contributed by atoms with van der Waals surface area (Å²) < 4.78 is 10.3. The van der Waals surface area contributed by atoms with E-state index in [2.05, 4.69) is 4.74 Å². The molecule has 3 aromatic rings. The van der Waals surface area contributed by atoms with Gasteiger partial charge in [0, 0.05) is 11.1 Å². The van der Waals surface area contributed by atoms with Crippen LogP contribution in [0, 0.1) is 37.3 Å². The van der Waals surface area contributed by atoms with Crippen LogP contribution in [0.15, 0.2) is 48.5 Å². The summed E-state index contributed by atoms with van der Waals surface area (Å²) in [5.74, 6) is 1.72. The van der Waals surface area contributed by atoms with E-state index in [4.69, 9.17) is 16.3 Å². The maximum absolute atomic E-state index is 11.1. The highest BCUT2D eigenvalue weighted by Crippen LogP contribution is 2.47. The lowest BCUT2D eigenvalue weighted by Gasteiger charge is -2.17. The SMILES string of the molecule is Cc1ccc2c(c1)Oc1ccc(Cl)cc1[OH+]2.O=[N+]([O-])c1cc([N+](=O)[O-])c([O-])c([N+](=O)[O-])c1. The topological polar surface area (TPSA) is 175 Å². The summed E-state index contributed by atoms with van der Waals surface area (Å²) in [5.41, 5.74) is -2.11. The minimum Gasteiger partial charge on any atom is -0.863 e. The minimum absolute atomic E-state index is 0.384. The Morgan fingerprint density at radius 2 is 1.44 bits per heavy atom. The normalized spacial score (nSPS) is 10.9. The molecule has 32 heavy (non-hydrogen) atoms. The van der Waals surface area contributed by atoms with Gasteiger partial charge in [0.1, 0.15) is 0 Å². The third-order valence-corrected chi connectivity index (χ3v) is 4.37. The first-order valence-electron chi connectivity index (χ1n) is 8.65. The van der Waals surface area contributed by atoms with Crippen LogP contribution in [0.25, 0.3) is 0 Å². The molecule has 0 amide bonds. The number of rotatable bonds is 3. The van der Waals surface area contributed by atoms with Gasteiger partial charge in [-0.15, -0.1) is 0 Å². The number of nitro groups is 3. The van der Waals surface area contributed by atoms with Crippen LogP contribution < -0.4 is 9.84 Å². The molecule has 0 saturated heterocycles. The molecule has 0 unspecified atom stereocenters. The molecule has 0 saturated carbocycles. The Morgan fingerprint density at radius 3 is 2.00 bits per heavy atom. The van der Waals surface area contributed by atoms with Crippen molar-refractivity contribution in [2.24, 2.45) is 0 Å². The molecular formula is C19H12ClN3O9. The summed E-state index contributed by atoms with van der Waals surface area (Å²) in [6.45, 7) is 2.03. The zero-order valence-electron chi connectivity index (χ0n) is 16.1. The molecule has 0 aliphatic carbocycles. The second kappa shape index (κ2) is 8.73. The molecule has 1 aliphatic rings. The zero-order chi connectivity index (χ0) is 23.6. The average Bonchev–Trinajstić information content (AvgIpc) is 2.72. The summed E-state index contributed by atoms with van der Waals surface area (Å²) in [6.07, 6.45) is 0. The van der Waals surface area contributed by atoms with Crippen molar-refractivity contribution >= 4 is 28.7 Å². The first-order valence-corrected chi connectivity index (χ1v) is 9.02. The zero-order valence-corrected chi connectivity index (χ0v) is 16.8. The van der Waals surface area contributed by atoms with Gasteiger partial charge in [-0.1, -0.05) is 11.6 Å². The van der Waals surface area contributed by atoms with Crippen LogP contribution in [-0.2, 0) is 0 Å². The Hall–Kier alpha value is -4.45. The largest absolute Gasteiger partial charge is 0.863 e. The molecular weight excluding hydrogens is 450 g/mol. The van der Waals surface area contributed by atoms with Gasteiger partial charge in [-0.3, -0.25) is 30.3 Å². The number of aryl methyl sites for hydroxylation is 1. The molecule has 1 aliphatic heterocycles. The Bertz CT molecular complexity index is 1180. The molecule has 1 heterocycles. The highest BCUT2D eigenvalue weighted by atomic mass is 35.5. The summed E-state index contributed by atoms with van der Waals surface area (Å²) in [5, 5.41) is 42.8. The number of aromatic hydroxyl groups is 2. The van der Waals surface area contributed by atoms with Crippen molar-refractivity contribution in [3.05, 3.63) is 89.5 Å². The van der Waals surface area contributed by atoms with Gasteiger partial charge in [0.25, 0.3) is 17.1 Å². The molecule has 0 spiro atoms. The second-order valence-corrected chi connectivity index (χ2v) is 6.82. The van der Waals surface area contributed by atoms with Gasteiger partial charge >= 0.3 is 11.5 Å². The van der Waals surface area contributed by atoms with Crippen LogP contribution in [0.4, 0.5) is 17.1 Å². The van der Waals surface area contributed by atoms with Crippen LogP contribution in [0.1, 0.15) is 5.56 Å². The van der Waals surface area contributed by atoms with E-state index < -0.39 is 37.6 Å². The van der Waals surface area contributed by atoms with Crippen LogP contribution >= 0.6 is 11.6 Å². The lowest BCUT2D eigenvalue weighted by molar-refractivity contribution is -0.420. The predicted octanol–water partition coefficient (Wildman–Crippen LogP) is 4.89. The molecule has 12 nitrogen and oxygen atoms in total. The third kappa shape index (κ3) is 4.65. The van der Waals surface area contributed by atoms with Crippen LogP contribution in [0.5, 0.6) is 28.7 Å². The maximum Gasteiger partial charge on any atom is 0.305 e. The molecule has 3 aromatic carbocycles. The molecule has 0 fully saturated rings. The van der Waals surface area contributed by atoms with Gasteiger partial charge in [0.05, 0.1) is 38.7 Å². The highest BCUT2D eigenvalue weighted by Gasteiger charge is 2.25. The van der Waals surface area contributed by atoms with Crippen molar-refractivity contribution < 1.29 is 29.4 Å². The Kier molecular flexibility index (Phi) is 6.07. The standard InChI is InChI=1S/C13H9ClO2.C6H3N3O7/c1-8-2-4-10-12(6-8)15-11-5-3-9(14)7-13(11)16-10;10-6-4(8(13)14)1-3(7(11)12)2-5(6)9(15)16/h2-7H,1H3;1-2,10H.